The van der Waals surface area contributed by atoms with E-state index in [1.807, 2.05) is 91.0 Å². The number of hydrogen-bond acceptors (Lipinski definition) is 2. The SMILES string of the molecule is O=P1(c2ccccc2)c2ccccc2-c2oc3ccccc3c2-c2ccccc21. The van der Waals surface area contributed by atoms with Gasteiger partial charge in [-0.2, -0.15) is 0 Å². The van der Waals surface area contributed by atoms with Gasteiger partial charge in [-0.3, -0.25) is 0 Å². The molecular weight excluding hydrogens is 375 g/mol. The summed E-state index contributed by atoms with van der Waals surface area (Å²) in [6, 6.07) is 33.9. The highest BCUT2D eigenvalue weighted by molar-refractivity contribution is 7.85. The number of para-hydroxylation sites is 1. The van der Waals surface area contributed by atoms with E-state index in [9.17, 15) is 4.57 Å². The van der Waals surface area contributed by atoms with Crippen LogP contribution in [0.3, 0.4) is 0 Å². The second kappa shape index (κ2) is 6.07. The predicted octanol–water partition coefficient (Wildman–Crippen LogP) is 5.72. The summed E-state index contributed by atoms with van der Waals surface area (Å²) >= 11 is 0. The molecule has 1 aromatic heterocycles. The number of hydrogen-bond donors (Lipinski definition) is 0. The number of rotatable bonds is 1. The van der Waals surface area contributed by atoms with Crippen molar-refractivity contribution in [1.82, 2.24) is 0 Å². The summed E-state index contributed by atoms with van der Waals surface area (Å²) in [5, 5.41) is 3.58. The van der Waals surface area contributed by atoms with E-state index >= 15 is 0 Å². The van der Waals surface area contributed by atoms with Gasteiger partial charge in [-0.1, -0.05) is 97.1 Å². The van der Waals surface area contributed by atoms with Crippen molar-refractivity contribution in [3.05, 3.63) is 103 Å². The minimum Gasteiger partial charge on any atom is -0.455 e. The molecule has 0 bridgehead atoms. The minimum atomic E-state index is -3.08. The van der Waals surface area contributed by atoms with Crippen LogP contribution in [-0.4, -0.2) is 0 Å². The Bertz CT molecular complexity index is 1430. The van der Waals surface area contributed by atoms with Crippen LogP contribution in [0, 0.1) is 0 Å². The van der Waals surface area contributed by atoms with Crippen LogP contribution in [0.15, 0.2) is 108 Å². The minimum absolute atomic E-state index is 0.794. The maximum atomic E-state index is 15.0. The Morgan fingerprint density at radius 3 is 1.97 bits per heavy atom. The Morgan fingerprint density at radius 2 is 1.17 bits per heavy atom. The van der Waals surface area contributed by atoms with Gasteiger partial charge in [-0.15, -0.1) is 0 Å². The van der Waals surface area contributed by atoms with Gasteiger partial charge in [0.15, 0.2) is 7.14 Å². The molecule has 0 aliphatic carbocycles. The molecule has 0 spiro atoms. The van der Waals surface area contributed by atoms with Gasteiger partial charge >= 0.3 is 0 Å². The zero-order chi connectivity index (χ0) is 19.4. The molecule has 0 radical (unpaired) electrons. The van der Waals surface area contributed by atoms with Gasteiger partial charge < -0.3 is 8.98 Å². The Hall–Kier alpha value is -3.35. The summed E-state index contributed by atoms with van der Waals surface area (Å²) in [7, 11) is -3.08. The van der Waals surface area contributed by atoms with Crippen LogP contribution in [0.25, 0.3) is 33.4 Å². The second-order valence-corrected chi connectivity index (χ2v) is 9.98. The fourth-order valence-electron chi connectivity index (χ4n) is 4.45. The van der Waals surface area contributed by atoms with Gasteiger partial charge in [0.1, 0.15) is 11.3 Å². The molecule has 0 saturated heterocycles. The van der Waals surface area contributed by atoms with Crippen LogP contribution in [-0.2, 0) is 4.57 Å². The normalized spacial score (nSPS) is 17.2. The molecule has 5 aromatic rings. The number of fused-ring (bicyclic) bond motifs is 7. The third-order valence-electron chi connectivity index (χ3n) is 5.72. The summed E-state index contributed by atoms with van der Waals surface area (Å²) in [4.78, 5) is 0. The van der Waals surface area contributed by atoms with E-state index in [-0.39, 0.29) is 0 Å². The Kier molecular flexibility index (Phi) is 3.47. The maximum absolute atomic E-state index is 15.0. The standard InChI is InChI=1S/C26H17O2P/c27-29(18-10-2-1-3-11-18)23-16-8-5-13-20(23)25-19-12-4-7-15-22(19)28-26(25)21-14-6-9-17-24(21)29/h1-17H. The number of benzene rings is 4. The van der Waals surface area contributed by atoms with Gasteiger partial charge in [-0.25, -0.2) is 0 Å². The van der Waals surface area contributed by atoms with Gasteiger partial charge in [-0.05, 0) is 11.6 Å². The highest BCUT2D eigenvalue weighted by Crippen LogP contribution is 2.53. The summed E-state index contributed by atoms with van der Waals surface area (Å²) < 4.78 is 21.3. The van der Waals surface area contributed by atoms with Crippen LogP contribution in [0.5, 0.6) is 0 Å². The lowest BCUT2D eigenvalue weighted by Crippen LogP contribution is -2.26. The van der Waals surface area contributed by atoms with Crippen molar-refractivity contribution in [2.45, 2.75) is 0 Å². The molecule has 1 aliphatic heterocycles. The fourth-order valence-corrected chi connectivity index (χ4v) is 7.49. The van der Waals surface area contributed by atoms with Crippen molar-refractivity contribution in [2.24, 2.45) is 0 Å². The topological polar surface area (TPSA) is 30.2 Å². The highest BCUT2D eigenvalue weighted by Gasteiger charge is 2.39. The molecule has 0 N–H and O–H groups in total. The second-order valence-electron chi connectivity index (χ2n) is 7.28. The molecule has 1 atom stereocenters. The van der Waals surface area contributed by atoms with Crippen LogP contribution in [0.1, 0.15) is 0 Å². The smallest absolute Gasteiger partial charge is 0.172 e. The first kappa shape index (κ1) is 16.6. The van der Waals surface area contributed by atoms with Crippen molar-refractivity contribution < 1.29 is 8.98 Å². The van der Waals surface area contributed by atoms with Crippen molar-refractivity contribution in [3.8, 4) is 22.5 Å². The summed E-state index contributed by atoms with van der Waals surface area (Å²) in [5.74, 6) is 0.794. The average molecular weight is 392 g/mol. The van der Waals surface area contributed by atoms with E-state index in [2.05, 4.69) is 12.1 Å². The molecule has 1 aliphatic rings. The van der Waals surface area contributed by atoms with E-state index in [0.717, 1.165) is 49.3 Å². The van der Waals surface area contributed by atoms with E-state index in [4.69, 9.17) is 4.42 Å². The Labute approximate surface area is 168 Å². The molecule has 3 heteroatoms. The van der Waals surface area contributed by atoms with E-state index in [1.54, 1.807) is 0 Å². The lowest BCUT2D eigenvalue weighted by atomic mass is 9.99. The molecule has 0 saturated carbocycles. The van der Waals surface area contributed by atoms with Gasteiger partial charge in [0.25, 0.3) is 0 Å². The first-order valence-corrected chi connectivity index (χ1v) is 11.4. The van der Waals surface area contributed by atoms with E-state index in [0.29, 0.717) is 0 Å². The Balaban J connectivity index is 1.85. The maximum Gasteiger partial charge on any atom is 0.172 e. The zero-order valence-electron chi connectivity index (χ0n) is 15.6. The van der Waals surface area contributed by atoms with Crippen molar-refractivity contribution in [2.75, 3.05) is 0 Å². The van der Waals surface area contributed by atoms with Gasteiger partial charge in [0, 0.05) is 32.4 Å². The van der Waals surface area contributed by atoms with Gasteiger partial charge in [0.05, 0.1) is 0 Å². The first-order chi connectivity index (χ1) is 14.3. The lowest BCUT2D eigenvalue weighted by Gasteiger charge is -2.21. The molecule has 1 unspecified atom stereocenters. The molecular formula is C26H17O2P. The fraction of sp³-hybridized carbons (Fsp3) is 0. The van der Waals surface area contributed by atoms with Crippen molar-refractivity contribution >= 4 is 34.0 Å². The first-order valence-electron chi connectivity index (χ1n) is 9.65. The summed E-state index contributed by atoms with van der Waals surface area (Å²) in [6.07, 6.45) is 0. The molecule has 0 fully saturated rings. The number of furan rings is 1. The largest absolute Gasteiger partial charge is 0.455 e. The highest BCUT2D eigenvalue weighted by atomic mass is 31.2. The third-order valence-corrected chi connectivity index (χ3v) is 8.88. The van der Waals surface area contributed by atoms with E-state index < -0.39 is 7.14 Å². The average Bonchev–Trinajstić information content (AvgIpc) is 3.15. The zero-order valence-corrected chi connectivity index (χ0v) is 16.5. The quantitative estimate of drug-likeness (QED) is 0.335. The molecule has 2 heterocycles. The van der Waals surface area contributed by atoms with Crippen molar-refractivity contribution in [1.29, 1.82) is 0 Å². The monoisotopic (exact) mass is 392 g/mol. The molecule has 4 aromatic carbocycles. The van der Waals surface area contributed by atoms with Crippen molar-refractivity contribution in [3.63, 3.8) is 0 Å². The van der Waals surface area contributed by atoms with Crippen LogP contribution < -0.4 is 15.9 Å². The summed E-state index contributed by atoms with van der Waals surface area (Å²) in [5.41, 5.74) is 3.76. The van der Waals surface area contributed by atoms with Crippen LogP contribution in [0.4, 0.5) is 0 Å². The van der Waals surface area contributed by atoms with E-state index in [1.165, 1.54) is 0 Å². The summed E-state index contributed by atoms with van der Waals surface area (Å²) in [6.45, 7) is 0. The Morgan fingerprint density at radius 1 is 0.586 bits per heavy atom. The predicted molar refractivity (Wildman–Crippen MR) is 120 cm³/mol. The lowest BCUT2D eigenvalue weighted by molar-refractivity contribution is 0.592. The third kappa shape index (κ3) is 2.21. The van der Waals surface area contributed by atoms with Crippen LogP contribution in [0.2, 0.25) is 0 Å². The molecule has 2 nitrogen and oxygen atoms in total. The molecule has 6 rings (SSSR count). The molecule has 0 amide bonds. The van der Waals surface area contributed by atoms with Crippen LogP contribution >= 0.6 is 7.14 Å². The molecule has 29 heavy (non-hydrogen) atoms. The molecule has 138 valence electrons. The van der Waals surface area contributed by atoms with Gasteiger partial charge in [0.2, 0.25) is 0 Å².